The fraction of sp³-hybridized carbons (Fsp3) is 0.462. The summed E-state index contributed by atoms with van der Waals surface area (Å²) in [6, 6.07) is 20.4. The van der Waals surface area contributed by atoms with Crippen LogP contribution in [0.3, 0.4) is 0 Å². The van der Waals surface area contributed by atoms with Gasteiger partial charge in [-0.1, -0.05) is 86.0 Å². The van der Waals surface area contributed by atoms with E-state index in [0.717, 1.165) is 24.0 Å². The van der Waals surface area contributed by atoms with Gasteiger partial charge in [0.1, 0.15) is 12.2 Å². The third-order valence-electron chi connectivity index (χ3n) is 5.69. The van der Waals surface area contributed by atoms with Gasteiger partial charge in [-0.05, 0) is 30.0 Å². The predicted molar refractivity (Wildman–Crippen MR) is 117 cm³/mol. The lowest BCUT2D eigenvalue weighted by molar-refractivity contribution is -0.213. The highest BCUT2D eigenvalue weighted by Crippen LogP contribution is 2.25. The summed E-state index contributed by atoms with van der Waals surface area (Å²) >= 11 is 0. The Morgan fingerprint density at radius 2 is 1.43 bits per heavy atom. The Morgan fingerprint density at radius 1 is 0.767 bits per heavy atom. The predicted octanol–water partition coefficient (Wildman–Crippen LogP) is 5.42. The molecule has 4 rings (SSSR count). The first kappa shape index (κ1) is 21.3. The third kappa shape index (κ3) is 6.51. The number of rotatable bonds is 9. The fourth-order valence-corrected chi connectivity index (χ4v) is 4.02. The quantitative estimate of drug-likeness (QED) is 0.519. The maximum absolute atomic E-state index is 6.27. The minimum atomic E-state index is -0.324. The summed E-state index contributed by atoms with van der Waals surface area (Å²) in [4.78, 5) is 0. The summed E-state index contributed by atoms with van der Waals surface area (Å²) in [5.41, 5.74) is 2.30. The van der Waals surface area contributed by atoms with E-state index in [4.69, 9.17) is 18.9 Å². The van der Waals surface area contributed by atoms with Crippen molar-refractivity contribution in [3.63, 3.8) is 0 Å². The Hall–Kier alpha value is -1.98. The van der Waals surface area contributed by atoms with Crippen molar-refractivity contribution in [2.45, 2.75) is 69.9 Å². The van der Waals surface area contributed by atoms with Gasteiger partial charge in [0.2, 0.25) is 0 Å². The zero-order valence-corrected chi connectivity index (χ0v) is 17.5. The van der Waals surface area contributed by atoms with E-state index in [9.17, 15) is 0 Å². The van der Waals surface area contributed by atoms with Crippen LogP contribution in [0, 0.1) is 0 Å². The highest BCUT2D eigenvalue weighted by Gasteiger charge is 2.30. The summed E-state index contributed by atoms with van der Waals surface area (Å²) in [5, 5.41) is 0. The molecular formula is C26H32O4. The lowest BCUT2D eigenvalue weighted by Crippen LogP contribution is -2.42. The van der Waals surface area contributed by atoms with E-state index >= 15 is 0 Å². The first-order valence-electron chi connectivity index (χ1n) is 11.1. The molecule has 1 fully saturated rings. The average Bonchev–Trinajstić information content (AvgIpc) is 2.81. The summed E-state index contributed by atoms with van der Waals surface area (Å²) < 4.78 is 24.6. The van der Waals surface area contributed by atoms with E-state index in [0.29, 0.717) is 25.9 Å². The fourth-order valence-electron chi connectivity index (χ4n) is 4.02. The molecule has 1 saturated carbocycles. The van der Waals surface area contributed by atoms with E-state index in [1.165, 1.54) is 19.3 Å². The summed E-state index contributed by atoms with van der Waals surface area (Å²) in [5.74, 6) is 0. The van der Waals surface area contributed by atoms with Gasteiger partial charge in [0.25, 0.3) is 0 Å². The third-order valence-corrected chi connectivity index (χ3v) is 5.69. The van der Waals surface area contributed by atoms with Gasteiger partial charge in [-0.25, -0.2) is 0 Å². The monoisotopic (exact) mass is 408 g/mol. The van der Waals surface area contributed by atoms with Gasteiger partial charge in [-0.3, -0.25) is 0 Å². The molecule has 30 heavy (non-hydrogen) atoms. The van der Waals surface area contributed by atoms with Crippen molar-refractivity contribution in [2.75, 3.05) is 6.61 Å². The maximum Gasteiger partial charge on any atom is 0.177 e. The molecule has 3 atom stereocenters. The Labute approximate surface area is 179 Å². The zero-order valence-electron chi connectivity index (χ0n) is 17.5. The van der Waals surface area contributed by atoms with Crippen molar-refractivity contribution in [3.8, 4) is 0 Å². The topological polar surface area (TPSA) is 36.9 Å². The molecule has 0 saturated heterocycles. The van der Waals surface area contributed by atoms with Gasteiger partial charge in [-0.2, -0.15) is 0 Å². The molecule has 1 aliphatic heterocycles. The summed E-state index contributed by atoms with van der Waals surface area (Å²) in [7, 11) is 0. The molecular weight excluding hydrogens is 376 g/mol. The number of ether oxygens (including phenoxy) is 4. The SMILES string of the molecule is C1=C[C@@H](OCc2ccccc2)[C@@H](COCc2ccccc2)O[C@H]1OC1CCCCC1. The number of hydrogen-bond acceptors (Lipinski definition) is 4. The van der Waals surface area contributed by atoms with E-state index in [1.807, 2.05) is 42.5 Å². The molecule has 4 nitrogen and oxygen atoms in total. The second-order valence-electron chi connectivity index (χ2n) is 8.09. The highest BCUT2D eigenvalue weighted by molar-refractivity contribution is 5.14. The van der Waals surface area contributed by atoms with Crippen LogP contribution in [0.25, 0.3) is 0 Å². The molecule has 4 heteroatoms. The second-order valence-corrected chi connectivity index (χ2v) is 8.09. The molecule has 0 spiro atoms. The molecule has 0 bridgehead atoms. The number of benzene rings is 2. The van der Waals surface area contributed by atoms with Crippen LogP contribution in [0.5, 0.6) is 0 Å². The Bertz CT molecular complexity index is 755. The molecule has 160 valence electrons. The van der Waals surface area contributed by atoms with Crippen LogP contribution in [-0.4, -0.2) is 31.2 Å². The smallest absolute Gasteiger partial charge is 0.177 e. The molecule has 0 amide bonds. The lowest BCUT2D eigenvalue weighted by atomic mass is 9.98. The standard InChI is InChI=1S/C26H32O4/c1-4-10-21(11-5-1)18-27-20-25-24(28-19-22-12-6-2-7-13-22)16-17-26(30-25)29-23-14-8-3-9-15-23/h1-2,4-7,10-13,16-17,23-26H,3,8-9,14-15,18-20H2/t24-,25-,26-/m1/s1. The van der Waals surface area contributed by atoms with Crippen LogP contribution in [0.2, 0.25) is 0 Å². The Morgan fingerprint density at radius 3 is 2.13 bits per heavy atom. The molecule has 1 aliphatic carbocycles. The van der Waals surface area contributed by atoms with Gasteiger partial charge in [0.05, 0.1) is 25.9 Å². The van der Waals surface area contributed by atoms with Gasteiger partial charge >= 0.3 is 0 Å². The average molecular weight is 409 g/mol. The van der Waals surface area contributed by atoms with Gasteiger partial charge in [-0.15, -0.1) is 0 Å². The van der Waals surface area contributed by atoms with Crippen LogP contribution in [0.1, 0.15) is 43.2 Å². The second kappa shape index (κ2) is 11.4. The van der Waals surface area contributed by atoms with Crippen LogP contribution in [-0.2, 0) is 32.2 Å². The van der Waals surface area contributed by atoms with Gasteiger partial charge < -0.3 is 18.9 Å². The molecule has 2 aromatic carbocycles. The van der Waals surface area contributed by atoms with E-state index in [1.54, 1.807) is 0 Å². The molecule has 0 N–H and O–H groups in total. The van der Waals surface area contributed by atoms with Crippen molar-refractivity contribution in [3.05, 3.63) is 83.9 Å². The van der Waals surface area contributed by atoms with Crippen molar-refractivity contribution < 1.29 is 18.9 Å². The normalized spacial score (nSPS) is 24.7. The van der Waals surface area contributed by atoms with E-state index in [-0.39, 0.29) is 18.5 Å². The highest BCUT2D eigenvalue weighted by atomic mass is 16.7. The van der Waals surface area contributed by atoms with Crippen LogP contribution < -0.4 is 0 Å². The molecule has 2 aromatic rings. The summed E-state index contributed by atoms with van der Waals surface area (Å²) in [6.45, 7) is 1.57. The lowest BCUT2D eigenvalue weighted by Gasteiger charge is -2.34. The maximum atomic E-state index is 6.27. The molecule has 2 aliphatic rings. The van der Waals surface area contributed by atoms with Gasteiger partial charge in [0.15, 0.2) is 6.29 Å². The van der Waals surface area contributed by atoms with E-state index < -0.39 is 0 Å². The minimum absolute atomic E-state index is 0.160. The first-order valence-corrected chi connectivity index (χ1v) is 11.1. The Kier molecular flexibility index (Phi) is 8.09. The molecule has 0 radical (unpaired) electrons. The van der Waals surface area contributed by atoms with Crippen molar-refractivity contribution >= 4 is 0 Å². The number of hydrogen-bond donors (Lipinski definition) is 0. The zero-order chi connectivity index (χ0) is 20.4. The largest absolute Gasteiger partial charge is 0.374 e. The van der Waals surface area contributed by atoms with Crippen LogP contribution in [0.15, 0.2) is 72.8 Å². The van der Waals surface area contributed by atoms with Crippen LogP contribution in [0.4, 0.5) is 0 Å². The first-order chi connectivity index (χ1) is 14.9. The van der Waals surface area contributed by atoms with Crippen molar-refractivity contribution in [1.29, 1.82) is 0 Å². The van der Waals surface area contributed by atoms with Crippen LogP contribution >= 0.6 is 0 Å². The molecule has 1 heterocycles. The summed E-state index contributed by atoms with van der Waals surface area (Å²) in [6.07, 6.45) is 9.73. The Balaban J connectivity index is 1.34. The molecule has 0 aromatic heterocycles. The van der Waals surface area contributed by atoms with Crippen molar-refractivity contribution in [1.82, 2.24) is 0 Å². The minimum Gasteiger partial charge on any atom is -0.374 e. The molecule has 0 unspecified atom stereocenters. The van der Waals surface area contributed by atoms with E-state index in [2.05, 4.69) is 30.3 Å². The van der Waals surface area contributed by atoms with Gasteiger partial charge in [0, 0.05) is 0 Å². The van der Waals surface area contributed by atoms with Crippen molar-refractivity contribution in [2.24, 2.45) is 0 Å².